The van der Waals surface area contributed by atoms with Crippen LogP contribution in [0, 0.1) is 0 Å². The monoisotopic (exact) mass is 319 g/mol. The number of rotatable bonds is 2. The fraction of sp³-hybridized carbons (Fsp3) is 0.143. The van der Waals surface area contributed by atoms with Gasteiger partial charge in [-0.25, -0.2) is 0 Å². The standard InChI is InChI=1S/C14H10BrNO3/c15-11-5-4-10-12-8(11)2-1-3-9(12)13(18)16(6-7-17)14(10)19/h1-5,17H,6-7H2. The Balaban J connectivity index is 2.35. The summed E-state index contributed by atoms with van der Waals surface area (Å²) >= 11 is 3.43. The summed E-state index contributed by atoms with van der Waals surface area (Å²) in [6, 6.07) is 8.87. The molecule has 1 N–H and O–H groups in total. The number of aliphatic hydroxyl groups is 1. The summed E-state index contributed by atoms with van der Waals surface area (Å²) in [6.07, 6.45) is 0. The first kappa shape index (κ1) is 12.3. The molecule has 19 heavy (non-hydrogen) atoms. The fourth-order valence-corrected chi connectivity index (χ4v) is 2.88. The van der Waals surface area contributed by atoms with Crippen molar-refractivity contribution in [1.29, 1.82) is 0 Å². The number of aliphatic hydroxyl groups excluding tert-OH is 1. The predicted molar refractivity (Wildman–Crippen MR) is 74.1 cm³/mol. The third-order valence-corrected chi connectivity index (χ3v) is 3.95. The van der Waals surface area contributed by atoms with Gasteiger partial charge < -0.3 is 5.11 Å². The van der Waals surface area contributed by atoms with E-state index in [-0.39, 0.29) is 25.0 Å². The first-order valence-electron chi connectivity index (χ1n) is 5.83. The molecule has 1 aliphatic rings. The van der Waals surface area contributed by atoms with E-state index >= 15 is 0 Å². The van der Waals surface area contributed by atoms with E-state index in [1.54, 1.807) is 24.3 Å². The maximum absolute atomic E-state index is 12.3. The van der Waals surface area contributed by atoms with Crippen LogP contribution in [0.3, 0.4) is 0 Å². The van der Waals surface area contributed by atoms with Crippen LogP contribution in [0.4, 0.5) is 0 Å². The third kappa shape index (κ3) is 1.69. The maximum atomic E-state index is 12.3. The Morgan fingerprint density at radius 3 is 2.42 bits per heavy atom. The molecule has 0 unspecified atom stereocenters. The highest BCUT2D eigenvalue weighted by atomic mass is 79.9. The smallest absolute Gasteiger partial charge is 0.261 e. The molecule has 0 fully saturated rings. The van der Waals surface area contributed by atoms with Crippen LogP contribution >= 0.6 is 15.9 Å². The van der Waals surface area contributed by atoms with Crippen molar-refractivity contribution in [1.82, 2.24) is 4.90 Å². The highest BCUT2D eigenvalue weighted by Crippen LogP contribution is 2.34. The molecule has 5 heteroatoms. The molecular formula is C14H10BrNO3. The molecule has 1 heterocycles. The van der Waals surface area contributed by atoms with Crippen LogP contribution in [-0.2, 0) is 0 Å². The normalized spacial score (nSPS) is 14.3. The van der Waals surface area contributed by atoms with Gasteiger partial charge in [-0.1, -0.05) is 28.1 Å². The largest absolute Gasteiger partial charge is 0.395 e. The van der Waals surface area contributed by atoms with Crippen LogP contribution in [0.15, 0.2) is 34.8 Å². The number of carbonyl (C=O) groups excluding carboxylic acids is 2. The van der Waals surface area contributed by atoms with Crippen molar-refractivity contribution >= 4 is 38.5 Å². The van der Waals surface area contributed by atoms with Crippen LogP contribution < -0.4 is 0 Å². The van der Waals surface area contributed by atoms with E-state index in [1.807, 2.05) is 6.07 Å². The molecule has 2 aromatic rings. The Morgan fingerprint density at radius 2 is 1.74 bits per heavy atom. The molecule has 0 atom stereocenters. The summed E-state index contributed by atoms with van der Waals surface area (Å²) in [5.74, 6) is -0.703. The van der Waals surface area contributed by atoms with E-state index in [9.17, 15) is 9.59 Å². The molecule has 0 bridgehead atoms. The minimum absolute atomic E-state index is 0.0174. The average molecular weight is 320 g/mol. The Kier molecular flexibility index (Phi) is 2.88. The second kappa shape index (κ2) is 4.43. The van der Waals surface area contributed by atoms with Gasteiger partial charge in [0.1, 0.15) is 0 Å². The van der Waals surface area contributed by atoms with Gasteiger partial charge in [0.15, 0.2) is 0 Å². The molecule has 96 valence electrons. The summed E-state index contributed by atoms with van der Waals surface area (Å²) < 4.78 is 0.851. The first-order valence-corrected chi connectivity index (χ1v) is 6.62. The van der Waals surface area contributed by atoms with Gasteiger partial charge in [0.05, 0.1) is 13.2 Å². The quantitative estimate of drug-likeness (QED) is 0.863. The van der Waals surface area contributed by atoms with E-state index in [0.29, 0.717) is 16.5 Å². The molecule has 0 saturated heterocycles. The van der Waals surface area contributed by atoms with Crippen LogP contribution in [0.1, 0.15) is 20.7 Å². The number of carbonyl (C=O) groups is 2. The third-order valence-electron chi connectivity index (χ3n) is 3.26. The van der Waals surface area contributed by atoms with Crippen LogP contribution in [0.25, 0.3) is 10.8 Å². The van der Waals surface area contributed by atoms with Gasteiger partial charge in [-0.2, -0.15) is 0 Å². The van der Waals surface area contributed by atoms with Crippen LogP contribution in [-0.4, -0.2) is 35.0 Å². The number of halogens is 1. The zero-order valence-electron chi connectivity index (χ0n) is 9.89. The molecule has 0 aromatic heterocycles. The minimum atomic E-state index is -0.352. The number of β-amino-alcohol motifs (C(OH)–C–C–N with tert-alkyl or cyclic N) is 1. The number of benzene rings is 2. The van der Waals surface area contributed by atoms with Crippen molar-refractivity contribution in [2.45, 2.75) is 0 Å². The van der Waals surface area contributed by atoms with E-state index in [2.05, 4.69) is 15.9 Å². The topological polar surface area (TPSA) is 57.6 Å². The molecule has 4 nitrogen and oxygen atoms in total. The highest BCUT2D eigenvalue weighted by molar-refractivity contribution is 9.10. The van der Waals surface area contributed by atoms with E-state index < -0.39 is 0 Å². The lowest BCUT2D eigenvalue weighted by Gasteiger charge is -2.26. The molecular weight excluding hydrogens is 310 g/mol. The van der Waals surface area contributed by atoms with Crippen LogP contribution in [0.5, 0.6) is 0 Å². The Bertz CT molecular complexity index is 689. The summed E-state index contributed by atoms with van der Waals surface area (Å²) in [5, 5.41) is 10.5. The van der Waals surface area contributed by atoms with Crippen molar-refractivity contribution in [2.24, 2.45) is 0 Å². The summed E-state index contributed by atoms with van der Waals surface area (Å²) in [7, 11) is 0. The van der Waals surface area contributed by atoms with E-state index in [0.717, 1.165) is 14.8 Å². The Labute approximate surface area is 117 Å². The second-order valence-electron chi connectivity index (χ2n) is 4.31. The lowest BCUT2D eigenvalue weighted by Crippen LogP contribution is -2.41. The highest BCUT2D eigenvalue weighted by Gasteiger charge is 2.32. The fourth-order valence-electron chi connectivity index (χ4n) is 2.41. The van der Waals surface area contributed by atoms with Gasteiger partial charge in [0.25, 0.3) is 11.8 Å². The van der Waals surface area contributed by atoms with Gasteiger partial charge in [0, 0.05) is 21.0 Å². The predicted octanol–water partition coefficient (Wildman–Crippen LogP) is 2.19. The average Bonchev–Trinajstić information content (AvgIpc) is 2.42. The van der Waals surface area contributed by atoms with Crippen molar-refractivity contribution in [3.05, 3.63) is 45.9 Å². The number of imide groups is 1. The number of hydrogen-bond acceptors (Lipinski definition) is 3. The Morgan fingerprint density at radius 1 is 1.05 bits per heavy atom. The summed E-state index contributed by atoms with van der Waals surface area (Å²) in [5.41, 5.74) is 1.00. The zero-order valence-corrected chi connectivity index (χ0v) is 11.5. The molecule has 0 spiro atoms. The number of amides is 2. The minimum Gasteiger partial charge on any atom is -0.395 e. The Hall–Kier alpha value is -1.72. The van der Waals surface area contributed by atoms with Gasteiger partial charge in [-0.15, -0.1) is 0 Å². The lowest BCUT2D eigenvalue weighted by atomic mass is 9.94. The molecule has 2 amide bonds. The SMILES string of the molecule is O=C1c2cccc3c(Br)ccc(c23)C(=O)N1CCO. The van der Waals surface area contributed by atoms with Crippen molar-refractivity contribution < 1.29 is 14.7 Å². The molecule has 0 aliphatic carbocycles. The number of hydrogen-bond donors (Lipinski definition) is 1. The second-order valence-corrected chi connectivity index (χ2v) is 5.16. The van der Waals surface area contributed by atoms with Crippen LogP contribution in [0.2, 0.25) is 0 Å². The molecule has 2 aromatic carbocycles. The van der Waals surface area contributed by atoms with Gasteiger partial charge in [-0.05, 0) is 23.6 Å². The maximum Gasteiger partial charge on any atom is 0.261 e. The van der Waals surface area contributed by atoms with Crippen molar-refractivity contribution in [3.63, 3.8) is 0 Å². The summed E-state index contributed by atoms with van der Waals surface area (Å²) in [6.45, 7) is -0.219. The van der Waals surface area contributed by atoms with E-state index in [4.69, 9.17) is 5.11 Å². The zero-order chi connectivity index (χ0) is 13.6. The molecule has 1 aliphatic heterocycles. The summed E-state index contributed by atoms with van der Waals surface area (Å²) in [4.78, 5) is 25.7. The lowest BCUT2D eigenvalue weighted by molar-refractivity contribution is 0.0580. The van der Waals surface area contributed by atoms with Crippen molar-refractivity contribution in [2.75, 3.05) is 13.2 Å². The van der Waals surface area contributed by atoms with Crippen molar-refractivity contribution in [3.8, 4) is 0 Å². The van der Waals surface area contributed by atoms with Gasteiger partial charge in [-0.3, -0.25) is 14.5 Å². The molecule has 0 saturated carbocycles. The van der Waals surface area contributed by atoms with Gasteiger partial charge >= 0.3 is 0 Å². The first-order chi connectivity index (χ1) is 9.15. The van der Waals surface area contributed by atoms with Gasteiger partial charge in [0.2, 0.25) is 0 Å². The molecule has 3 rings (SSSR count). The van der Waals surface area contributed by atoms with E-state index in [1.165, 1.54) is 0 Å². The molecule has 0 radical (unpaired) electrons. The number of nitrogens with zero attached hydrogens (tertiary/aromatic N) is 1.